The van der Waals surface area contributed by atoms with Crippen molar-refractivity contribution in [2.24, 2.45) is 0 Å². The molecule has 9 heavy (non-hydrogen) atoms. The van der Waals surface area contributed by atoms with Gasteiger partial charge in [-0.05, 0) is 12.5 Å². The quantitative estimate of drug-likeness (QED) is 0.358. The molecule has 0 unspecified atom stereocenters. The molecule has 1 heteroatoms. The minimum absolute atomic E-state index is 0.753. The number of hydrogen-bond donors (Lipinski definition) is 0. The Balaban J connectivity index is 2.51. The average molecular weight is 140 g/mol. The van der Waals surface area contributed by atoms with E-state index < -0.39 is 8.07 Å². The number of allylic oxidation sites excluding steroid dienone is 1. The Morgan fingerprint density at radius 1 is 1.44 bits per heavy atom. The fraction of sp³-hybridized carbons (Fsp3) is 0.750. The van der Waals surface area contributed by atoms with Crippen molar-refractivity contribution in [3.63, 3.8) is 0 Å². The first-order valence-corrected chi connectivity index (χ1v) is 7.18. The van der Waals surface area contributed by atoms with Crippen LogP contribution in [0, 0.1) is 0 Å². The molecule has 1 fully saturated rings. The Hall–Kier alpha value is -0.0431. The van der Waals surface area contributed by atoms with Crippen LogP contribution in [0.4, 0.5) is 0 Å². The van der Waals surface area contributed by atoms with Gasteiger partial charge in [0, 0.05) is 0 Å². The molecule has 0 aromatic heterocycles. The van der Waals surface area contributed by atoms with Gasteiger partial charge in [-0.15, -0.1) is 6.58 Å². The first-order chi connectivity index (χ1) is 4.10. The van der Waals surface area contributed by atoms with E-state index in [9.17, 15) is 0 Å². The van der Waals surface area contributed by atoms with E-state index in [1.807, 2.05) is 0 Å². The van der Waals surface area contributed by atoms with Gasteiger partial charge in [-0.3, -0.25) is 0 Å². The Morgan fingerprint density at radius 3 is 2.44 bits per heavy atom. The van der Waals surface area contributed by atoms with E-state index in [-0.39, 0.29) is 0 Å². The SMILES string of the molecule is C=C1CCC[Si](C)(C)C1. The maximum absolute atomic E-state index is 4.04. The molecule has 0 atom stereocenters. The van der Waals surface area contributed by atoms with Gasteiger partial charge in [0.25, 0.3) is 0 Å². The molecule has 1 saturated heterocycles. The molecule has 0 aromatic carbocycles. The van der Waals surface area contributed by atoms with Crippen molar-refractivity contribution in [2.75, 3.05) is 0 Å². The van der Waals surface area contributed by atoms with Crippen LogP contribution in [0.15, 0.2) is 12.2 Å². The average Bonchev–Trinajstić information content (AvgIpc) is 1.60. The largest absolute Gasteiger partial charge is 0.100 e. The summed E-state index contributed by atoms with van der Waals surface area (Å²) in [5, 5.41) is 0. The highest BCUT2D eigenvalue weighted by Crippen LogP contribution is 2.30. The Morgan fingerprint density at radius 2 is 2.11 bits per heavy atom. The minimum Gasteiger partial charge on any atom is -0.100 e. The summed E-state index contributed by atoms with van der Waals surface area (Å²) in [7, 11) is -0.753. The molecule has 1 heterocycles. The Bertz CT molecular complexity index is 125. The molecule has 0 radical (unpaired) electrons. The van der Waals surface area contributed by atoms with E-state index in [2.05, 4.69) is 19.7 Å². The van der Waals surface area contributed by atoms with Crippen molar-refractivity contribution < 1.29 is 0 Å². The van der Waals surface area contributed by atoms with Gasteiger partial charge in [0.2, 0.25) is 0 Å². The van der Waals surface area contributed by atoms with Crippen molar-refractivity contribution in [1.82, 2.24) is 0 Å². The van der Waals surface area contributed by atoms with Gasteiger partial charge >= 0.3 is 0 Å². The molecule has 0 aliphatic carbocycles. The lowest BCUT2D eigenvalue weighted by Crippen LogP contribution is -2.28. The van der Waals surface area contributed by atoms with Crippen LogP contribution >= 0.6 is 0 Å². The van der Waals surface area contributed by atoms with E-state index in [0.717, 1.165) is 0 Å². The first kappa shape index (κ1) is 7.07. The summed E-state index contributed by atoms with van der Waals surface area (Å²) in [6.07, 6.45) is 2.72. The van der Waals surface area contributed by atoms with Crippen LogP contribution in [0.3, 0.4) is 0 Å². The molecular formula is C8H16Si. The molecule has 0 aromatic rings. The second-order valence-electron chi connectivity index (χ2n) is 3.94. The van der Waals surface area contributed by atoms with Gasteiger partial charge < -0.3 is 0 Å². The molecule has 1 aliphatic heterocycles. The van der Waals surface area contributed by atoms with E-state index >= 15 is 0 Å². The van der Waals surface area contributed by atoms with Gasteiger partial charge in [-0.2, -0.15) is 0 Å². The summed E-state index contributed by atoms with van der Waals surface area (Å²) in [6.45, 7) is 8.98. The van der Waals surface area contributed by atoms with Crippen molar-refractivity contribution in [1.29, 1.82) is 0 Å². The molecule has 0 saturated carbocycles. The third-order valence-corrected chi connectivity index (χ3v) is 5.28. The Labute approximate surface area is 59.0 Å². The topological polar surface area (TPSA) is 0 Å². The lowest BCUT2D eigenvalue weighted by atomic mass is 10.2. The Kier molecular flexibility index (Phi) is 1.80. The smallest absolute Gasteiger partial charge is 0.0514 e. The van der Waals surface area contributed by atoms with Crippen LogP contribution in [-0.4, -0.2) is 8.07 Å². The van der Waals surface area contributed by atoms with E-state index in [1.54, 1.807) is 0 Å². The summed E-state index contributed by atoms with van der Waals surface area (Å²) in [5.74, 6) is 0. The summed E-state index contributed by atoms with van der Waals surface area (Å²) in [4.78, 5) is 0. The summed E-state index contributed by atoms with van der Waals surface area (Å²) in [6, 6.07) is 2.90. The van der Waals surface area contributed by atoms with Crippen LogP contribution in [0.2, 0.25) is 25.2 Å². The highest BCUT2D eigenvalue weighted by Gasteiger charge is 2.24. The van der Waals surface area contributed by atoms with Crippen LogP contribution in [0.1, 0.15) is 12.8 Å². The number of rotatable bonds is 0. The maximum Gasteiger partial charge on any atom is 0.0514 e. The van der Waals surface area contributed by atoms with Gasteiger partial charge in [-0.1, -0.05) is 31.1 Å². The summed E-state index contributed by atoms with van der Waals surface area (Å²) >= 11 is 0. The van der Waals surface area contributed by atoms with Crippen molar-refractivity contribution in [3.05, 3.63) is 12.2 Å². The summed E-state index contributed by atoms with van der Waals surface area (Å²) in [5.41, 5.74) is 1.51. The van der Waals surface area contributed by atoms with Gasteiger partial charge in [-0.25, -0.2) is 0 Å². The normalized spacial score (nSPS) is 26.2. The number of hydrogen-bond acceptors (Lipinski definition) is 0. The zero-order valence-electron chi connectivity index (χ0n) is 6.54. The van der Waals surface area contributed by atoms with Crippen molar-refractivity contribution >= 4 is 8.07 Å². The molecule has 0 nitrogen and oxygen atoms in total. The molecule has 0 bridgehead atoms. The van der Waals surface area contributed by atoms with E-state index in [4.69, 9.17) is 0 Å². The molecule has 0 spiro atoms. The molecular weight excluding hydrogens is 124 g/mol. The molecule has 0 N–H and O–H groups in total. The zero-order chi connectivity index (χ0) is 6.91. The highest BCUT2D eigenvalue weighted by molar-refractivity contribution is 6.78. The molecule has 1 aliphatic rings. The second-order valence-corrected chi connectivity index (χ2v) is 9.13. The van der Waals surface area contributed by atoms with Gasteiger partial charge in [0.05, 0.1) is 8.07 Å². The van der Waals surface area contributed by atoms with Crippen LogP contribution in [-0.2, 0) is 0 Å². The van der Waals surface area contributed by atoms with Crippen molar-refractivity contribution in [3.8, 4) is 0 Å². The van der Waals surface area contributed by atoms with Crippen LogP contribution in [0.5, 0.6) is 0 Å². The second kappa shape index (κ2) is 2.29. The standard InChI is InChI=1S/C8H16Si/c1-8-5-4-6-9(2,3)7-8/h1,4-7H2,2-3H3. The predicted molar refractivity (Wildman–Crippen MR) is 45.5 cm³/mol. The third kappa shape index (κ3) is 1.97. The lowest BCUT2D eigenvalue weighted by Gasteiger charge is -2.28. The van der Waals surface area contributed by atoms with Crippen LogP contribution < -0.4 is 0 Å². The van der Waals surface area contributed by atoms with Crippen molar-refractivity contribution in [2.45, 2.75) is 38.0 Å². The van der Waals surface area contributed by atoms with Gasteiger partial charge in [0.15, 0.2) is 0 Å². The fourth-order valence-electron chi connectivity index (χ4n) is 1.67. The molecule has 0 amide bonds. The van der Waals surface area contributed by atoms with E-state index in [1.165, 1.54) is 30.5 Å². The predicted octanol–water partition coefficient (Wildman–Crippen LogP) is 3.04. The highest BCUT2D eigenvalue weighted by atomic mass is 28.3. The minimum atomic E-state index is -0.753. The fourth-order valence-corrected chi connectivity index (χ4v) is 4.51. The first-order valence-electron chi connectivity index (χ1n) is 3.77. The summed E-state index contributed by atoms with van der Waals surface area (Å²) < 4.78 is 0. The monoisotopic (exact) mass is 140 g/mol. The molecule has 1 rings (SSSR count). The maximum atomic E-state index is 4.04. The third-order valence-electron chi connectivity index (χ3n) is 2.11. The van der Waals surface area contributed by atoms with E-state index in [0.29, 0.717) is 0 Å². The molecule has 52 valence electrons. The zero-order valence-corrected chi connectivity index (χ0v) is 7.54. The lowest BCUT2D eigenvalue weighted by molar-refractivity contribution is 0.845. The van der Waals surface area contributed by atoms with Gasteiger partial charge in [0.1, 0.15) is 0 Å². The van der Waals surface area contributed by atoms with Crippen LogP contribution in [0.25, 0.3) is 0 Å².